The molecule has 1 heterocycles. The number of nitrogens with one attached hydrogen (secondary N) is 1. The molecule has 2 aromatic rings. The van der Waals surface area contributed by atoms with Crippen molar-refractivity contribution in [1.29, 1.82) is 0 Å². The average molecular weight is 320 g/mol. The summed E-state index contributed by atoms with van der Waals surface area (Å²) in [5.74, 6) is 1.20. The van der Waals surface area contributed by atoms with Gasteiger partial charge in [-0.3, -0.25) is 9.69 Å². The van der Waals surface area contributed by atoms with Crippen LogP contribution in [-0.4, -0.2) is 38.6 Å². The second-order valence-corrected chi connectivity index (χ2v) is 5.73. The maximum atomic E-state index is 12.1. The minimum Gasteiger partial charge on any atom is -0.497 e. The van der Waals surface area contributed by atoms with Crippen LogP contribution in [-0.2, 0) is 11.3 Å². The highest BCUT2D eigenvalue weighted by Gasteiger charge is 2.09. The number of carbonyl (C=O) groups excluding carboxylic acids is 1. The summed E-state index contributed by atoms with van der Waals surface area (Å²) >= 11 is 1.66. The van der Waals surface area contributed by atoms with E-state index >= 15 is 0 Å². The molecule has 0 fully saturated rings. The molecule has 118 valence electrons. The van der Waals surface area contributed by atoms with E-state index in [1.807, 2.05) is 17.3 Å². The van der Waals surface area contributed by atoms with Crippen LogP contribution in [0, 0.1) is 0 Å². The van der Waals surface area contributed by atoms with Crippen LogP contribution in [0.3, 0.4) is 0 Å². The molecule has 1 aromatic carbocycles. The van der Waals surface area contributed by atoms with Crippen LogP contribution in [0.2, 0.25) is 0 Å². The van der Waals surface area contributed by atoms with Crippen molar-refractivity contribution in [2.24, 2.45) is 0 Å². The van der Waals surface area contributed by atoms with Gasteiger partial charge < -0.3 is 14.8 Å². The fraction of sp³-hybridized carbons (Fsp3) is 0.312. The lowest BCUT2D eigenvalue weighted by Gasteiger charge is -2.16. The van der Waals surface area contributed by atoms with Crippen LogP contribution in [0.5, 0.6) is 11.5 Å². The largest absolute Gasteiger partial charge is 0.497 e. The number of thiophene rings is 1. The fourth-order valence-electron chi connectivity index (χ4n) is 2.08. The molecule has 0 spiro atoms. The van der Waals surface area contributed by atoms with Crippen molar-refractivity contribution in [3.63, 3.8) is 0 Å². The topological polar surface area (TPSA) is 50.8 Å². The van der Waals surface area contributed by atoms with Crippen molar-refractivity contribution in [2.45, 2.75) is 6.54 Å². The van der Waals surface area contributed by atoms with Crippen LogP contribution >= 0.6 is 11.3 Å². The van der Waals surface area contributed by atoms with Gasteiger partial charge in [0.1, 0.15) is 11.5 Å². The Morgan fingerprint density at radius 3 is 2.45 bits per heavy atom. The number of anilines is 1. The molecule has 0 bridgehead atoms. The molecule has 5 nitrogen and oxygen atoms in total. The molecule has 2 rings (SSSR count). The summed E-state index contributed by atoms with van der Waals surface area (Å²) in [4.78, 5) is 14.1. The summed E-state index contributed by atoms with van der Waals surface area (Å²) in [6, 6.07) is 7.35. The zero-order valence-corrected chi connectivity index (χ0v) is 13.8. The third-order valence-corrected chi connectivity index (χ3v) is 3.81. The van der Waals surface area contributed by atoms with Crippen molar-refractivity contribution < 1.29 is 14.3 Å². The van der Waals surface area contributed by atoms with Gasteiger partial charge in [0.25, 0.3) is 0 Å². The lowest BCUT2D eigenvalue weighted by atomic mass is 10.2. The number of methoxy groups -OCH3 is 2. The Labute approximate surface area is 134 Å². The molecule has 1 N–H and O–H groups in total. The molecule has 0 saturated carbocycles. The van der Waals surface area contributed by atoms with Gasteiger partial charge in [0.15, 0.2) is 0 Å². The van der Waals surface area contributed by atoms with Crippen molar-refractivity contribution in [2.75, 3.05) is 33.1 Å². The molecule has 0 aliphatic carbocycles. The van der Waals surface area contributed by atoms with Gasteiger partial charge in [-0.2, -0.15) is 11.3 Å². The van der Waals surface area contributed by atoms with Crippen molar-refractivity contribution in [1.82, 2.24) is 4.90 Å². The Bertz CT molecular complexity index is 592. The number of amides is 1. The summed E-state index contributed by atoms with van der Waals surface area (Å²) in [5.41, 5.74) is 1.87. The highest BCUT2D eigenvalue weighted by Crippen LogP contribution is 2.25. The molecule has 0 aliphatic heterocycles. The van der Waals surface area contributed by atoms with E-state index in [0.29, 0.717) is 23.7 Å². The number of ether oxygens (including phenoxy) is 2. The van der Waals surface area contributed by atoms with Crippen LogP contribution in [0.1, 0.15) is 5.56 Å². The number of likely N-dealkylation sites (N-methyl/N-ethyl adjacent to an activating group) is 1. The first-order chi connectivity index (χ1) is 10.6. The molecule has 0 saturated heterocycles. The van der Waals surface area contributed by atoms with E-state index in [-0.39, 0.29) is 5.91 Å². The van der Waals surface area contributed by atoms with Crippen LogP contribution in [0.15, 0.2) is 35.0 Å². The van der Waals surface area contributed by atoms with Crippen molar-refractivity contribution >= 4 is 22.9 Å². The minimum atomic E-state index is -0.0759. The Kier molecular flexibility index (Phi) is 5.80. The summed E-state index contributed by atoms with van der Waals surface area (Å²) in [6.07, 6.45) is 0. The maximum absolute atomic E-state index is 12.1. The summed E-state index contributed by atoms with van der Waals surface area (Å²) in [7, 11) is 5.08. The van der Waals surface area contributed by atoms with Crippen LogP contribution in [0.25, 0.3) is 0 Å². The first-order valence-corrected chi connectivity index (χ1v) is 7.77. The Balaban J connectivity index is 1.93. The molecule has 22 heavy (non-hydrogen) atoms. The molecular weight excluding hydrogens is 300 g/mol. The van der Waals surface area contributed by atoms with Gasteiger partial charge in [-0.05, 0) is 29.4 Å². The Morgan fingerprint density at radius 1 is 1.23 bits per heavy atom. The lowest BCUT2D eigenvalue weighted by molar-refractivity contribution is -0.117. The van der Waals surface area contributed by atoms with E-state index in [2.05, 4.69) is 16.8 Å². The highest BCUT2D eigenvalue weighted by atomic mass is 32.1. The smallest absolute Gasteiger partial charge is 0.238 e. The monoisotopic (exact) mass is 320 g/mol. The molecule has 0 aliphatic rings. The summed E-state index contributed by atoms with van der Waals surface area (Å²) in [6.45, 7) is 1.06. The molecule has 0 atom stereocenters. The zero-order valence-electron chi connectivity index (χ0n) is 13.0. The summed E-state index contributed by atoms with van der Waals surface area (Å²) < 4.78 is 10.4. The molecular formula is C16H20N2O3S. The van der Waals surface area contributed by atoms with E-state index in [1.54, 1.807) is 43.8 Å². The average Bonchev–Trinajstić information content (AvgIpc) is 2.99. The predicted molar refractivity (Wildman–Crippen MR) is 88.8 cm³/mol. The van der Waals surface area contributed by atoms with Crippen molar-refractivity contribution in [3.05, 3.63) is 40.6 Å². The Morgan fingerprint density at radius 2 is 1.91 bits per heavy atom. The fourth-order valence-corrected chi connectivity index (χ4v) is 2.74. The lowest BCUT2D eigenvalue weighted by Crippen LogP contribution is -2.29. The number of hydrogen-bond donors (Lipinski definition) is 1. The minimum absolute atomic E-state index is 0.0759. The number of carbonyl (C=O) groups is 1. The van der Waals surface area contributed by atoms with Gasteiger partial charge in [0.05, 0.1) is 20.8 Å². The first kappa shape index (κ1) is 16.3. The maximum Gasteiger partial charge on any atom is 0.238 e. The SMILES string of the molecule is COc1cc(NC(=O)CN(C)Cc2ccsc2)cc(OC)c1. The zero-order chi connectivity index (χ0) is 15.9. The van der Waals surface area contributed by atoms with Crippen molar-refractivity contribution in [3.8, 4) is 11.5 Å². The number of benzene rings is 1. The molecule has 1 aromatic heterocycles. The third kappa shape index (κ3) is 4.75. The molecule has 1 amide bonds. The molecule has 6 heteroatoms. The number of rotatable bonds is 7. The standard InChI is InChI=1S/C16H20N2O3S/c1-18(9-12-4-5-22-11-12)10-16(19)17-13-6-14(20-2)8-15(7-13)21-3/h4-8,11H,9-10H2,1-3H3,(H,17,19). The third-order valence-electron chi connectivity index (χ3n) is 3.08. The van der Waals surface area contributed by atoms with E-state index in [9.17, 15) is 4.79 Å². The van der Waals surface area contributed by atoms with E-state index in [0.717, 1.165) is 6.54 Å². The van der Waals surface area contributed by atoms with E-state index in [1.165, 1.54) is 5.56 Å². The van der Waals surface area contributed by atoms with Crippen LogP contribution in [0.4, 0.5) is 5.69 Å². The van der Waals surface area contributed by atoms with Gasteiger partial charge in [-0.25, -0.2) is 0 Å². The quantitative estimate of drug-likeness (QED) is 0.852. The Hall–Kier alpha value is -2.05. The van der Waals surface area contributed by atoms with Crippen LogP contribution < -0.4 is 14.8 Å². The molecule has 0 radical (unpaired) electrons. The summed E-state index contributed by atoms with van der Waals surface area (Å²) in [5, 5.41) is 6.98. The second-order valence-electron chi connectivity index (χ2n) is 4.95. The van der Waals surface area contributed by atoms with Gasteiger partial charge in [-0.15, -0.1) is 0 Å². The van der Waals surface area contributed by atoms with Gasteiger partial charge in [0.2, 0.25) is 5.91 Å². The second kappa shape index (κ2) is 7.82. The van der Waals surface area contributed by atoms with Gasteiger partial charge in [0, 0.05) is 30.4 Å². The highest BCUT2D eigenvalue weighted by molar-refractivity contribution is 7.07. The van der Waals surface area contributed by atoms with E-state index in [4.69, 9.17) is 9.47 Å². The number of nitrogens with zero attached hydrogens (tertiary/aromatic N) is 1. The van der Waals surface area contributed by atoms with Gasteiger partial charge in [-0.1, -0.05) is 0 Å². The first-order valence-electron chi connectivity index (χ1n) is 6.83. The number of hydrogen-bond acceptors (Lipinski definition) is 5. The van der Waals surface area contributed by atoms with E-state index < -0.39 is 0 Å². The predicted octanol–water partition coefficient (Wildman–Crippen LogP) is 2.84. The molecule has 0 unspecified atom stereocenters. The van der Waals surface area contributed by atoms with Gasteiger partial charge >= 0.3 is 0 Å². The normalized spacial score (nSPS) is 10.5.